The van der Waals surface area contributed by atoms with Crippen LogP contribution in [0.5, 0.6) is 0 Å². The van der Waals surface area contributed by atoms with Gasteiger partial charge in [-0.3, -0.25) is 0 Å². The van der Waals surface area contributed by atoms with Gasteiger partial charge in [-0.1, -0.05) is 164 Å². The van der Waals surface area contributed by atoms with Gasteiger partial charge < -0.3 is 0 Å². The van der Waals surface area contributed by atoms with E-state index in [2.05, 4.69) is 225 Å². The van der Waals surface area contributed by atoms with Gasteiger partial charge in [0.25, 0.3) is 0 Å². The van der Waals surface area contributed by atoms with Gasteiger partial charge in [-0.15, -0.1) is 0 Å². The lowest BCUT2D eigenvalue weighted by atomic mass is 9.78. The van der Waals surface area contributed by atoms with E-state index in [9.17, 15) is 0 Å². The number of hydrogen-bond acceptors (Lipinski definition) is 0. The summed E-state index contributed by atoms with van der Waals surface area (Å²) < 4.78 is 0. The normalized spacial score (nSPS) is 12.1. The van der Waals surface area contributed by atoms with Crippen LogP contribution >= 0.6 is 0 Å². The molecule has 0 saturated heterocycles. The molecule has 0 heteroatoms. The van der Waals surface area contributed by atoms with E-state index in [4.69, 9.17) is 0 Å². The average molecular weight is 869 g/mol. The van der Waals surface area contributed by atoms with Gasteiger partial charge in [-0.2, -0.15) is 0 Å². The van der Waals surface area contributed by atoms with Crippen LogP contribution in [0.1, 0.15) is 44.5 Å². The maximum atomic E-state index is 2.51. The number of benzene rings is 11. The van der Waals surface area contributed by atoms with Gasteiger partial charge >= 0.3 is 0 Å². The minimum absolute atomic E-state index is 1.23. The third kappa shape index (κ3) is 5.49. The van der Waals surface area contributed by atoms with E-state index in [1.807, 2.05) is 0 Å². The largest absolute Gasteiger partial charge is 0.0622 e. The molecule has 0 aliphatic heterocycles. The molecule has 0 aromatic heterocycles. The van der Waals surface area contributed by atoms with E-state index < -0.39 is 0 Å². The Balaban J connectivity index is 1.25. The van der Waals surface area contributed by atoms with Crippen molar-refractivity contribution >= 4 is 32.3 Å². The summed E-state index contributed by atoms with van der Waals surface area (Å²) in [6.07, 6.45) is 0. The molecule has 2 aliphatic carbocycles. The Hall–Kier alpha value is -7.80. The molecule has 324 valence electrons. The Labute approximate surface area is 400 Å². The fraction of sp³-hybridized carbons (Fsp3) is 0.118. The summed E-state index contributed by atoms with van der Waals surface area (Å²) in [7, 11) is 0. The van der Waals surface area contributed by atoms with E-state index in [1.54, 1.807) is 0 Å². The first kappa shape index (κ1) is 40.5. The van der Waals surface area contributed by atoms with Crippen molar-refractivity contribution < 1.29 is 0 Å². The SMILES string of the molecule is Cc1cccc(C)c1-c1c2c(c(-c3c(C)cccc3C)c3ccccc13)-c1ccc3c4c(ccc-2c14)-c1c-3c(-c2c(C)cccc2C)c2cc(-c3ccccc3)ccc2c1-c1c(C)cccc1C. The zero-order valence-corrected chi connectivity index (χ0v) is 40.2. The molecule has 0 spiro atoms. The molecular formula is C68H52. The van der Waals surface area contributed by atoms with E-state index >= 15 is 0 Å². The summed E-state index contributed by atoms with van der Waals surface area (Å²) in [6.45, 7) is 18.4. The fourth-order valence-corrected chi connectivity index (χ4v) is 13.0. The molecule has 11 aromatic carbocycles. The summed E-state index contributed by atoms with van der Waals surface area (Å²) in [4.78, 5) is 0. The second-order valence-electron chi connectivity index (χ2n) is 19.8. The van der Waals surface area contributed by atoms with Gasteiger partial charge in [0.15, 0.2) is 0 Å². The summed E-state index contributed by atoms with van der Waals surface area (Å²) >= 11 is 0. The van der Waals surface area contributed by atoms with Crippen LogP contribution in [0, 0.1) is 55.4 Å². The minimum Gasteiger partial charge on any atom is -0.0622 e. The average Bonchev–Trinajstić information content (AvgIpc) is 3.84. The molecule has 68 heavy (non-hydrogen) atoms. The molecular weight excluding hydrogens is 817 g/mol. The predicted molar refractivity (Wildman–Crippen MR) is 293 cm³/mol. The quantitative estimate of drug-likeness (QED) is 0.162. The van der Waals surface area contributed by atoms with Crippen molar-refractivity contribution in [1.29, 1.82) is 0 Å². The fourth-order valence-electron chi connectivity index (χ4n) is 13.0. The highest BCUT2D eigenvalue weighted by Crippen LogP contribution is 2.65. The summed E-state index contributed by atoms with van der Waals surface area (Å²) in [5.74, 6) is 0. The molecule has 0 heterocycles. The standard InChI is InChI=1S/C68H52/c1-37-18-14-19-38(2)55(37)61-47-28-12-13-29-48(47)62(56-39(3)20-15-21-40(56)4)65-51-34-35-53-60-52(33-32-50(59(51)60)64(61)65)66-63(57-41(5)22-16-23-42(57)6)49-31-30-46(45-26-10-9-11-27-45)36-54(49)68(67(53)66)58-43(7)24-17-25-44(58)8/h9-36H,1-8H3. The lowest BCUT2D eigenvalue weighted by Gasteiger charge is -2.25. The number of hydrogen-bond donors (Lipinski definition) is 0. The summed E-state index contributed by atoms with van der Waals surface area (Å²) in [6, 6.07) is 64.7. The highest BCUT2D eigenvalue weighted by molar-refractivity contribution is 6.36. The smallest absolute Gasteiger partial charge is 0.000720 e. The maximum Gasteiger partial charge on any atom is -0.000720 e. The minimum atomic E-state index is 1.23. The first-order chi connectivity index (χ1) is 33.1. The lowest BCUT2D eigenvalue weighted by molar-refractivity contribution is 1.38. The molecule has 0 N–H and O–H groups in total. The van der Waals surface area contributed by atoms with E-state index in [0.29, 0.717) is 0 Å². The molecule has 13 rings (SSSR count). The van der Waals surface area contributed by atoms with Gasteiger partial charge in [0, 0.05) is 0 Å². The van der Waals surface area contributed by atoms with E-state index in [1.165, 1.54) is 177 Å². The molecule has 0 unspecified atom stereocenters. The van der Waals surface area contributed by atoms with Gasteiger partial charge in [-0.05, 0) is 238 Å². The lowest BCUT2D eigenvalue weighted by Crippen LogP contribution is -1.99. The van der Waals surface area contributed by atoms with E-state index in [0.717, 1.165) is 0 Å². The van der Waals surface area contributed by atoms with Crippen molar-refractivity contribution in [2.75, 3.05) is 0 Å². The second-order valence-corrected chi connectivity index (χ2v) is 19.8. The molecule has 0 radical (unpaired) electrons. The van der Waals surface area contributed by atoms with Crippen LogP contribution in [0.15, 0.2) is 170 Å². The van der Waals surface area contributed by atoms with Gasteiger partial charge in [0.05, 0.1) is 0 Å². The Morgan fingerprint density at radius 1 is 0.191 bits per heavy atom. The molecule has 0 atom stereocenters. The van der Waals surface area contributed by atoms with Crippen molar-refractivity contribution in [2.24, 2.45) is 0 Å². The van der Waals surface area contributed by atoms with Crippen molar-refractivity contribution in [2.45, 2.75) is 55.4 Å². The van der Waals surface area contributed by atoms with Crippen LogP contribution in [-0.2, 0) is 0 Å². The topological polar surface area (TPSA) is 0 Å². The monoisotopic (exact) mass is 868 g/mol. The Morgan fingerprint density at radius 2 is 0.485 bits per heavy atom. The number of aryl methyl sites for hydroxylation is 8. The zero-order chi connectivity index (χ0) is 46.3. The van der Waals surface area contributed by atoms with Crippen LogP contribution < -0.4 is 0 Å². The molecule has 0 amide bonds. The van der Waals surface area contributed by atoms with E-state index in [-0.39, 0.29) is 0 Å². The molecule has 0 bridgehead atoms. The van der Waals surface area contributed by atoms with Crippen LogP contribution in [0.2, 0.25) is 0 Å². The zero-order valence-electron chi connectivity index (χ0n) is 40.2. The van der Waals surface area contributed by atoms with Crippen LogP contribution in [0.3, 0.4) is 0 Å². The number of rotatable bonds is 5. The van der Waals surface area contributed by atoms with Crippen molar-refractivity contribution in [3.05, 3.63) is 214 Å². The maximum absolute atomic E-state index is 2.51. The van der Waals surface area contributed by atoms with Crippen LogP contribution in [0.25, 0.3) is 132 Å². The first-order valence-electron chi connectivity index (χ1n) is 24.3. The highest BCUT2D eigenvalue weighted by atomic mass is 14.4. The first-order valence-corrected chi connectivity index (χ1v) is 24.3. The Kier molecular flexibility index (Phi) is 8.84. The van der Waals surface area contributed by atoms with Crippen LogP contribution in [0.4, 0.5) is 0 Å². The highest BCUT2D eigenvalue weighted by Gasteiger charge is 2.38. The molecule has 11 aromatic rings. The molecule has 2 aliphatic rings. The third-order valence-corrected chi connectivity index (χ3v) is 15.8. The Bertz CT molecular complexity index is 3840. The predicted octanol–water partition coefficient (Wildman–Crippen LogP) is 19.2. The van der Waals surface area contributed by atoms with Crippen molar-refractivity contribution in [3.8, 4) is 100 Å². The third-order valence-electron chi connectivity index (χ3n) is 15.8. The number of fused-ring (bicyclic) bond motifs is 8. The molecule has 0 saturated carbocycles. The molecule has 0 fully saturated rings. The van der Waals surface area contributed by atoms with Crippen LogP contribution in [-0.4, -0.2) is 0 Å². The summed E-state index contributed by atoms with van der Waals surface area (Å²) in [5.41, 5.74) is 34.3. The Morgan fingerprint density at radius 3 is 0.824 bits per heavy atom. The molecule has 0 nitrogen and oxygen atoms in total. The van der Waals surface area contributed by atoms with Crippen molar-refractivity contribution in [1.82, 2.24) is 0 Å². The van der Waals surface area contributed by atoms with Gasteiger partial charge in [0.2, 0.25) is 0 Å². The van der Waals surface area contributed by atoms with Crippen molar-refractivity contribution in [3.63, 3.8) is 0 Å². The second kappa shape index (κ2) is 14.9. The summed E-state index contributed by atoms with van der Waals surface area (Å²) in [5, 5.41) is 7.94. The van der Waals surface area contributed by atoms with Gasteiger partial charge in [-0.25, -0.2) is 0 Å². The van der Waals surface area contributed by atoms with Gasteiger partial charge in [0.1, 0.15) is 0 Å².